The molecule has 0 radical (unpaired) electrons. The molecule has 1 saturated heterocycles. The van der Waals surface area contributed by atoms with Crippen molar-refractivity contribution in [2.45, 2.75) is 83.1 Å². The van der Waals surface area contributed by atoms with Crippen LogP contribution < -0.4 is 4.74 Å². The molecule has 152 valence electrons. The maximum absolute atomic E-state index is 14.3. The van der Waals surface area contributed by atoms with Gasteiger partial charge >= 0.3 is 0 Å². The minimum atomic E-state index is -1.34. The van der Waals surface area contributed by atoms with Crippen LogP contribution >= 0.6 is 0 Å². The van der Waals surface area contributed by atoms with Crippen LogP contribution in [0, 0.1) is 5.92 Å². The van der Waals surface area contributed by atoms with E-state index < -0.39 is 12.0 Å². The van der Waals surface area contributed by atoms with E-state index >= 15 is 0 Å². The lowest BCUT2D eigenvalue weighted by atomic mass is 9.77. The van der Waals surface area contributed by atoms with Crippen LogP contribution in [0.3, 0.4) is 0 Å². The number of benzene rings is 1. The lowest BCUT2D eigenvalue weighted by Gasteiger charge is -2.33. The maximum Gasteiger partial charge on any atom is 0.191 e. The third kappa shape index (κ3) is 5.92. The molecule has 1 heterocycles. The molecule has 0 spiro atoms. The van der Waals surface area contributed by atoms with Crippen LogP contribution in [0.25, 0.3) is 0 Å². The second-order valence-corrected chi connectivity index (χ2v) is 8.34. The summed E-state index contributed by atoms with van der Waals surface area (Å²) >= 11 is 0. The number of ether oxygens (including phenoxy) is 3. The van der Waals surface area contributed by atoms with E-state index in [9.17, 15) is 4.39 Å². The molecule has 3 rings (SSSR count). The third-order valence-electron chi connectivity index (χ3n) is 6.04. The molecule has 27 heavy (non-hydrogen) atoms. The number of alkyl halides is 1. The quantitative estimate of drug-likeness (QED) is 0.553. The highest BCUT2D eigenvalue weighted by Gasteiger charge is 2.36. The van der Waals surface area contributed by atoms with Crippen LogP contribution in [0.15, 0.2) is 24.3 Å². The van der Waals surface area contributed by atoms with Crippen LogP contribution in [0.5, 0.6) is 5.75 Å². The Balaban J connectivity index is 1.41. The highest BCUT2D eigenvalue weighted by Crippen LogP contribution is 2.37. The molecule has 2 aliphatic rings. The molecule has 2 fully saturated rings. The van der Waals surface area contributed by atoms with Gasteiger partial charge in [-0.2, -0.15) is 0 Å². The molecule has 0 bridgehead atoms. The van der Waals surface area contributed by atoms with Crippen molar-refractivity contribution in [2.75, 3.05) is 19.8 Å². The first kappa shape index (κ1) is 20.6. The number of halogens is 1. The van der Waals surface area contributed by atoms with Crippen molar-refractivity contribution in [1.29, 1.82) is 0 Å². The normalized spacial score (nSPS) is 31.6. The summed E-state index contributed by atoms with van der Waals surface area (Å²) in [5.74, 6) is 2.44. The Morgan fingerprint density at radius 3 is 2.26 bits per heavy atom. The molecule has 1 saturated carbocycles. The first-order chi connectivity index (χ1) is 13.1. The average molecular weight is 379 g/mol. The molecule has 0 N–H and O–H groups in total. The van der Waals surface area contributed by atoms with Gasteiger partial charge in [0.25, 0.3) is 0 Å². The molecule has 1 aliphatic heterocycles. The van der Waals surface area contributed by atoms with Crippen molar-refractivity contribution in [2.24, 2.45) is 5.92 Å². The summed E-state index contributed by atoms with van der Waals surface area (Å²) in [4.78, 5) is 0. The van der Waals surface area contributed by atoms with Gasteiger partial charge in [-0.05, 0) is 61.6 Å². The summed E-state index contributed by atoms with van der Waals surface area (Å²) in [7, 11) is 0. The van der Waals surface area contributed by atoms with Crippen molar-refractivity contribution < 1.29 is 18.6 Å². The van der Waals surface area contributed by atoms with E-state index in [-0.39, 0.29) is 13.2 Å². The van der Waals surface area contributed by atoms with Crippen molar-refractivity contribution in [3.63, 3.8) is 0 Å². The predicted octanol–water partition coefficient (Wildman–Crippen LogP) is 6.02. The van der Waals surface area contributed by atoms with E-state index in [0.29, 0.717) is 18.9 Å². The van der Waals surface area contributed by atoms with Gasteiger partial charge in [0.05, 0.1) is 13.2 Å². The third-order valence-corrected chi connectivity index (χ3v) is 6.04. The fraction of sp³-hybridized carbons (Fsp3) is 0.739. The molecule has 3 nitrogen and oxygen atoms in total. The van der Waals surface area contributed by atoms with Gasteiger partial charge in [-0.1, -0.05) is 45.2 Å². The smallest absolute Gasteiger partial charge is 0.191 e. The molecule has 1 aliphatic carbocycles. The van der Waals surface area contributed by atoms with Crippen molar-refractivity contribution >= 4 is 0 Å². The molecule has 0 aromatic heterocycles. The Hall–Kier alpha value is -1.13. The summed E-state index contributed by atoms with van der Waals surface area (Å²) in [6.45, 7) is 4.73. The van der Waals surface area contributed by atoms with Gasteiger partial charge in [-0.25, -0.2) is 4.39 Å². The lowest BCUT2D eigenvalue weighted by molar-refractivity contribution is -0.242. The molecule has 0 amide bonds. The molecular weight excluding hydrogens is 343 g/mol. The van der Waals surface area contributed by atoms with Crippen molar-refractivity contribution in [1.82, 2.24) is 0 Å². The van der Waals surface area contributed by atoms with Crippen LogP contribution in [0.2, 0.25) is 0 Å². The molecule has 1 aromatic carbocycles. The van der Waals surface area contributed by atoms with Gasteiger partial charge < -0.3 is 14.2 Å². The van der Waals surface area contributed by atoms with Crippen LogP contribution in [-0.2, 0) is 9.47 Å². The largest absolute Gasteiger partial charge is 0.488 e. The fourth-order valence-corrected chi connectivity index (χ4v) is 4.46. The predicted molar refractivity (Wildman–Crippen MR) is 106 cm³/mol. The van der Waals surface area contributed by atoms with Gasteiger partial charge in [0.15, 0.2) is 12.0 Å². The summed E-state index contributed by atoms with van der Waals surface area (Å²) in [5, 5.41) is 0. The van der Waals surface area contributed by atoms with Gasteiger partial charge in [-0.3, -0.25) is 0 Å². The second-order valence-electron chi connectivity index (χ2n) is 8.34. The zero-order chi connectivity index (χ0) is 19.1. The number of hydrogen-bond donors (Lipinski definition) is 0. The summed E-state index contributed by atoms with van der Waals surface area (Å²) in [6.07, 6.45) is 8.79. The Kier molecular flexibility index (Phi) is 7.54. The van der Waals surface area contributed by atoms with E-state index in [4.69, 9.17) is 14.2 Å². The average Bonchev–Trinajstić information content (AvgIpc) is 2.69. The first-order valence-corrected chi connectivity index (χ1v) is 10.8. The highest BCUT2D eigenvalue weighted by molar-refractivity contribution is 5.29. The Labute approximate surface area is 163 Å². The monoisotopic (exact) mass is 378 g/mol. The maximum atomic E-state index is 14.3. The SMILES string of the molecule is CCCC1CCC(c2ccc(OCC3OCC(F)(CCC)CO3)cc2)CC1. The fourth-order valence-electron chi connectivity index (χ4n) is 4.46. The molecule has 4 heteroatoms. The van der Waals surface area contributed by atoms with E-state index in [0.717, 1.165) is 18.1 Å². The van der Waals surface area contributed by atoms with E-state index in [1.807, 2.05) is 19.1 Å². The van der Waals surface area contributed by atoms with Crippen molar-refractivity contribution in [3.8, 4) is 5.75 Å². The van der Waals surface area contributed by atoms with E-state index in [1.165, 1.54) is 44.1 Å². The van der Waals surface area contributed by atoms with Gasteiger partial charge in [0, 0.05) is 0 Å². The van der Waals surface area contributed by atoms with Gasteiger partial charge in [0.2, 0.25) is 0 Å². The Morgan fingerprint density at radius 2 is 1.67 bits per heavy atom. The molecule has 0 atom stereocenters. The topological polar surface area (TPSA) is 27.7 Å². The van der Waals surface area contributed by atoms with Gasteiger partial charge in [-0.15, -0.1) is 0 Å². The minimum Gasteiger partial charge on any atom is -0.488 e. The highest BCUT2D eigenvalue weighted by atomic mass is 19.1. The van der Waals surface area contributed by atoms with Crippen LogP contribution in [0.1, 0.15) is 76.7 Å². The molecule has 1 aromatic rings. The van der Waals surface area contributed by atoms with E-state index in [1.54, 1.807) is 0 Å². The minimum absolute atomic E-state index is 0.0918. The summed E-state index contributed by atoms with van der Waals surface area (Å²) < 4.78 is 31.1. The van der Waals surface area contributed by atoms with Crippen LogP contribution in [0.4, 0.5) is 4.39 Å². The number of hydrogen-bond acceptors (Lipinski definition) is 3. The Bertz CT molecular complexity index is 543. The standard InChI is InChI=1S/C23H35FO3/c1-3-5-18-6-8-19(9-7-18)20-10-12-21(13-11-20)25-15-22-26-16-23(24,14-4-2)17-27-22/h10-13,18-19,22H,3-9,14-17H2,1-2H3. The second kappa shape index (κ2) is 9.88. The van der Waals surface area contributed by atoms with E-state index in [2.05, 4.69) is 19.1 Å². The first-order valence-electron chi connectivity index (χ1n) is 10.8. The summed E-state index contributed by atoms with van der Waals surface area (Å²) in [5.41, 5.74) is 0.0764. The molecule has 0 unspecified atom stereocenters. The van der Waals surface area contributed by atoms with Crippen LogP contribution in [-0.4, -0.2) is 31.8 Å². The lowest BCUT2D eigenvalue weighted by Crippen LogP contribution is -2.45. The molecular formula is C23H35FO3. The Morgan fingerprint density at radius 1 is 1.00 bits per heavy atom. The number of rotatable bonds is 8. The van der Waals surface area contributed by atoms with Gasteiger partial charge in [0.1, 0.15) is 12.4 Å². The van der Waals surface area contributed by atoms with Crippen molar-refractivity contribution in [3.05, 3.63) is 29.8 Å². The zero-order valence-corrected chi connectivity index (χ0v) is 16.9. The summed E-state index contributed by atoms with van der Waals surface area (Å²) in [6, 6.07) is 8.45. The zero-order valence-electron chi connectivity index (χ0n) is 16.9.